The van der Waals surface area contributed by atoms with Gasteiger partial charge < -0.3 is 28.3 Å². The highest BCUT2D eigenvalue weighted by Crippen LogP contribution is 2.48. The Labute approximate surface area is 359 Å². The molecule has 1 aliphatic rings. The van der Waals surface area contributed by atoms with Gasteiger partial charge in [0.25, 0.3) is 0 Å². The van der Waals surface area contributed by atoms with Gasteiger partial charge in [-0.05, 0) is 151 Å². The van der Waals surface area contributed by atoms with Gasteiger partial charge in [0.15, 0.2) is 0 Å². The second kappa shape index (κ2) is 16.1. The molecule has 0 bridgehead atoms. The van der Waals surface area contributed by atoms with E-state index in [0.717, 1.165) is 105 Å². The van der Waals surface area contributed by atoms with Crippen LogP contribution in [0.4, 0.5) is 0 Å². The first-order valence-corrected chi connectivity index (χ1v) is 21.7. The number of rotatable bonds is 12. The van der Waals surface area contributed by atoms with Crippen molar-refractivity contribution >= 4 is 55.7 Å². The van der Waals surface area contributed by atoms with Crippen LogP contribution in [-0.4, -0.2) is 44.7 Å². The fraction of sp³-hybridized carbons (Fsp3) is 0.259. The highest BCUT2D eigenvalue weighted by atomic mass is 16.7. The molecule has 0 radical (unpaired) electrons. The third-order valence-corrected chi connectivity index (χ3v) is 12.4. The van der Waals surface area contributed by atoms with Crippen LogP contribution in [0.1, 0.15) is 55.4 Å². The molecular weight excluding hydrogens is 755 g/mol. The predicted octanol–water partition coefficient (Wildman–Crippen LogP) is 13.2. The first-order valence-electron chi connectivity index (χ1n) is 21.7. The molecule has 1 saturated heterocycles. The molecule has 1 aliphatic heterocycles. The highest BCUT2D eigenvalue weighted by Gasteiger charge is 2.51. The average Bonchev–Trinajstić information content (AvgIpc) is 3.49. The van der Waals surface area contributed by atoms with E-state index in [2.05, 4.69) is 155 Å². The number of fused-ring (bicyclic) bond motifs is 4. The van der Waals surface area contributed by atoms with Crippen LogP contribution >= 0.6 is 0 Å². The minimum Gasteiger partial charge on any atom is -0.493 e. The number of hydrogen-bond donors (Lipinski definition) is 0. The molecule has 0 N–H and O–H groups in total. The van der Waals surface area contributed by atoms with Gasteiger partial charge in [0.1, 0.15) is 23.0 Å². The molecule has 308 valence electrons. The summed E-state index contributed by atoms with van der Waals surface area (Å²) in [4.78, 5) is 0. The smallest absolute Gasteiger partial charge is 0.493 e. The van der Waals surface area contributed by atoms with Crippen molar-refractivity contribution in [1.29, 1.82) is 0 Å². The van der Waals surface area contributed by atoms with Crippen LogP contribution in [0.3, 0.4) is 0 Å². The quantitative estimate of drug-likeness (QED) is 0.115. The van der Waals surface area contributed by atoms with Gasteiger partial charge in [0.05, 0.1) is 37.6 Å². The second-order valence-electron chi connectivity index (χ2n) is 16.6. The lowest BCUT2D eigenvalue weighted by Gasteiger charge is -2.32. The van der Waals surface area contributed by atoms with Gasteiger partial charge in [-0.2, -0.15) is 0 Å². The molecule has 0 aliphatic carbocycles. The zero-order chi connectivity index (χ0) is 42.5. The van der Waals surface area contributed by atoms with E-state index in [9.17, 15) is 0 Å². The summed E-state index contributed by atoms with van der Waals surface area (Å²) in [6, 6.07) is 45.4. The van der Waals surface area contributed by atoms with Crippen LogP contribution in [0.2, 0.25) is 0 Å². The summed E-state index contributed by atoms with van der Waals surface area (Å²) in [5, 5.41) is 8.85. The fourth-order valence-corrected chi connectivity index (χ4v) is 8.82. The molecule has 1 heterocycles. The normalized spacial score (nSPS) is 14.6. The van der Waals surface area contributed by atoms with Crippen molar-refractivity contribution in [2.45, 2.75) is 66.6 Å². The maximum Gasteiger partial charge on any atom is 0.494 e. The van der Waals surface area contributed by atoms with Crippen LogP contribution in [0.25, 0.3) is 76.5 Å². The topological polar surface area (TPSA) is 55.4 Å². The van der Waals surface area contributed by atoms with Gasteiger partial charge in [-0.1, -0.05) is 91.0 Å². The lowest BCUT2D eigenvalue weighted by atomic mass is 9.77. The van der Waals surface area contributed by atoms with E-state index >= 15 is 0 Å². The van der Waals surface area contributed by atoms with Crippen molar-refractivity contribution in [3.63, 3.8) is 0 Å². The fourth-order valence-electron chi connectivity index (χ4n) is 8.82. The summed E-state index contributed by atoms with van der Waals surface area (Å²) in [6.07, 6.45) is 0. The number of ether oxygens (including phenoxy) is 4. The van der Waals surface area contributed by atoms with Gasteiger partial charge in [-0.3, -0.25) is 0 Å². The lowest BCUT2D eigenvalue weighted by molar-refractivity contribution is 0.00578. The first kappa shape index (κ1) is 40.4. The van der Waals surface area contributed by atoms with Crippen molar-refractivity contribution in [3.8, 4) is 56.4 Å². The molecule has 0 amide bonds. The summed E-state index contributed by atoms with van der Waals surface area (Å²) in [6.45, 7) is 18.6. The molecule has 0 unspecified atom stereocenters. The molecule has 1 fully saturated rings. The highest BCUT2D eigenvalue weighted by molar-refractivity contribution is 6.62. The minimum absolute atomic E-state index is 0.432. The van der Waals surface area contributed by atoms with Crippen molar-refractivity contribution in [1.82, 2.24) is 0 Å². The van der Waals surface area contributed by atoms with Gasteiger partial charge in [0, 0.05) is 22.3 Å². The maximum absolute atomic E-state index is 6.45. The van der Waals surface area contributed by atoms with E-state index in [4.69, 9.17) is 28.3 Å². The van der Waals surface area contributed by atoms with Crippen LogP contribution in [0, 0.1) is 0 Å². The Morgan fingerprint density at radius 1 is 0.393 bits per heavy atom. The molecular formula is C54H53BO6. The Morgan fingerprint density at radius 2 is 0.754 bits per heavy atom. The first-order chi connectivity index (χ1) is 29.5. The number of hydrogen-bond acceptors (Lipinski definition) is 6. The van der Waals surface area contributed by atoms with Crippen LogP contribution in [-0.2, 0) is 9.31 Å². The molecule has 0 spiro atoms. The predicted molar refractivity (Wildman–Crippen MR) is 253 cm³/mol. The van der Waals surface area contributed by atoms with Crippen LogP contribution in [0.15, 0.2) is 127 Å². The SMILES string of the molecule is CCOc1ccc2ccccc2c1-c1c(OCC)ccc2cc(-c3ccc4c(-c5c(OCC)ccc6cc(B7OC(C)(C)C(C)(C)O7)ccc56)c(OCC)ccc4c3)ccc12. The summed E-state index contributed by atoms with van der Waals surface area (Å²) in [5.41, 5.74) is 6.47. The lowest BCUT2D eigenvalue weighted by Crippen LogP contribution is -2.41. The Hall–Kier alpha value is -6.02. The van der Waals surface area contributed by atoms with E-state index in [1.165, 1.54) is 0 Å². The van der Waals surface area contributed by atoms with Gasteiger partial charge in [-0.15, -0.1) is 0 Å². The molecule has 7 heteroatoms. The molecule has 6 nitrogen and oxygen atoms in total. The summed E-state index contributed by atoms with van der Waals surface area (Å²) < 4.78 is 38.3. The Kier molecular flexibility index (Phi) is 10.7. The van der Waals surface area contributed by atoms with E-state index in [0.29, 0.717) is 26.4 Å². The van der Waals surface area contributed by atoms with Crippen molar-refractivity contribution < 1.29 is 28.3 Å². The molecule has 8 aromatic carbocycles. The second-order valence-corrected chi connectivity index (χ2v) is 16.6. The van der Waals surface area contributed by atoms with Crippen LogP contribution < -0.4 is 24.4 Å². The summed E-state index contributed by atoms with van der Waals surface area (Å²) in [5.74, 6) is 3.31. The zero-order valence-corrected chi connectivity index (χ0v) is 36.5. The van der Waals surface area contributed by atoms with E-state index in [1.54, 1.807) is 0 Å². The Balaban J connectivity index is 1.18. The third kappa shape index (κ3) is 7.14. The van der Waals surface area contributed by atoms with E-state index in [1.807, 2.05) is 27.7 Å². The molecule has 0 atom stereocenters. The molecule has 8 aromatic rings. The average molecular weight is 809 g/mol. The van der Waals surface area contributed by atoms with Gasteiger partial charge in [-0.25, -0.2) is 0 Å². The van der Waals surface area contributed by atoms with E-state index in [-0.39, 0.29) is 0 Å². The number of benzene rings is 8. The van der Waals surface area contributed by atoms with Crippen molar-refractivity contribution in [3.05, 3.63) is 127 Å². The van der Waals surface area contributed by atoms with Gasteiger partial charge >= 0.3 is 7.12 Å². The van der Waals surface area contributed by atoms with Gasteiger partial charge in [0.2, 0.25) is 0 Å². The standard InChI is InChI=1S/C54H53BO6/c1-9-56-45-27-19-34-15-13-14-16-41(34)49(45)50-42-24-17-35(31-37(42)20-28-46(50)57-10-2)36-18-25-43-38(32-36)21-29-47(58-11-3)51(43)52-44-26-23-40(33-39(44)22-30-48(52)59-12-4)55-60-53(5,6)54(7,8)61-55/h13-33H,9-12H2,1-8H3. The molecule has 0 aromatic heterocycles. The summed E-state index contributed by atoms with van der Waals surface area (Å²) >= 11 is 0. The van der Waals surface area contributed by atoms with Crippen LogP contribution in [0.5, 0.6) is 23.0 Å². The third-order valence-electron chi connectivity index (χ3n) is 12.4. The minimum atomic E-state index is -0.460. The monoisotopic (exact) mass is 808 g/mol. The Bertz CT molecular complexity index is 2930. The van der Waals surface area contributed by atoms with E-state index < -0.39 is 18.3 Å². The molecule has 9 rings (SSSR count). The van der Waals surface area contributed by atoms with Crippen molar-refractivity contribution in [2.24, 2.45) is 0 Å². The van der Waals surface area contributed by atoms with Crippen molar-refractivity contribution in [2.75, 3.05) is 26.4 Å². The largest absolute Gasteiger partial charge is 0.494 e. The molecule has 61 heavy (non-hydrogen) atoms. The Morgan fingerprint density at radius 3 is 1.18 bits per heavy atom. The molecule has 0 saturated carbocycles. The zero-order valence-electron chi connectivity index (χ0n) is 36.5. The maximum atomic E-state index is 6.45. The summed E-state index contributed by atoms with van der Waals surface area (Å²) in [7, 11) is -0.460.